The first-order chi connectivity index (χ1) is 7.24. The number of hydrazone groups is 1. The van der Waals surface area contributed by atoms with Crippen molar-refractivity contribution in [2.45, 2.75) is 13.0 Å². The Hall–Kier alpha value is -1.68. The number of hydrogen-bond acceptors (Lipinski definition) is 3. The van der Waals surface area contributed by atoms with Gasteiger partial charge in [-0.15, -0.1) is 0 Å². The summed E-state index contributed by atoms with van der Waals surface area (Å²) in [7, 11) is 1.48. The molecular weight excluding hydrogens is 192 g/mol. The van der Waals surface area contributed by atoms with E-state index in [1.807, 2.05) is 30.3 Å². The molecule has 80 valence electrons. The molecule has 0 aromatic heterocycles. The van der Waals surface area contributed by atoms with E-state index in [1.165, 1.54) is 7.11 Å². The summed E-state index contributed by atoms with van der Waals surface area (Å²) in [5.74, 6) is -0.260. The molecule has 0 bridgehead atoms. The summed E-state index contributed by atoms with van der Waals surface area (Å²) in [4.78, 5) is 11.2. The first kappa shape index (κ1) is 11.4. The second kappa shape index (κ2) is 5.93. The van der Waals surface area contributed by atoms with Crippen LogP contribution in [0.1, 0.15) is 12.5 Å². The zero-order valence-corrected chi connectivity index (χ0v) is 8.81. The highest BCUT2D eigenvalue weighted by Crippen LogP contribution is 1.93. The van der Waals surface area contributed by atoms with Gasteiger partial charge in [-0.25, -0.2) is 5.43 Å². The van der Waals surface area contributed by atoms with Gasteiger partial charge in [0.1, 0.15) is 6.10 Å². The van der Waals surface area contributed by atoms with Crippen LogP contribution in [0.2, 0.25) is 0 Å². The van der Waals surface area contributed by atoms with Crippen molar-refractivity contribution in [3.8, 4) is 0 Å². The van der Waals surface area contributed by atoms with Crippen molar-refractivity contribution < 1.29 is 9.53 Å². The molecule has 0 saturated carbocycles. The molecule has 4 nitrogen and oxygen atoms in total. The lowest BCUT2D eigenvalue weighted by atomic mass is 10.2. The Balaban J connectivity index is 2.44. The quantitative estimate of drug-likeness (QED) is 0.594. The third kappa shape index (κ3) is 3.91. The van der Waals surface area contributed by atoms with Gasteiger partial charge < -0.3 is 4.74 Å². The molecule has 15 heavy (non-hydrogen) atoms. The van der Waals surface area contributed by atoms with E-state index >= 15 is 0 Å². The number of ether oxygens (including phenoxy) is 1. The first-order valence-electron chi connectivity index (χ1n) is 4.65. The molecule has 1 atom stereocenters. The highest BCUT2D eigenvalue weighted by Gasteiger charge is 2.08. The topological polar surface area (TPSA) is 50.7 Å². The lowest BCUT2D eigenvalue weighted by Crippen LogP contribution is -2.30. The van der Waals surface area contributed by atoms with E-state index in [4.69, 9.17) is 4.74 Å². The highest BCUT2D eigenvalue weighted by molar-refractivity contribution is 5.84. The average molecular weight is 206 g/mol. The van der Waals surface area contributed by atoms with Crippen molar-refractivity contribution in [3.05, 3.63) is 35.9 Å². The Bertz CT molecular complexity index is 336. The number of nitrogens with one attached hydrogen (secondary N) is 1. The zero-order valence-electron chi connectivity index (χ0n) is 8.81. The fourth-order valence-corrected chi connectivity index (χ4v) is 0.907. The van der Waals surface area contributed by atoms with Crippen LogP contribution >= 0.6 is 0 Å². The van der Waals surface area contributed by atoms with Crippen molar-refractivity contribution in [2.24, 2.45) is 5.10 Å². The van der Waals surface area contributed by atoms with Crippen LogP contribution in [-0.2, 0) is 9.53 Å². The summed E-state index contributed by atoms with van der Waals surface area (Å²) >= 11 is 0. The molecule has 1 unspecified atom stereocenters. The van der Waals surface area contributed by atoms with Crippen molar-refractivity contribution in [2.75, 3.05) is 7.11 Å². The lowest BCUT2D eigenvalue weighted by Gasteiger charge is -2.05. The standard InChI is InChI=1S/C11H14N2O2/c1-9(15-2)11(14)13-12-8-10-6-4-3-5-7-10/h3-9H,1-2H3,(H,13,14)/b12-8-. The second-order valence-corrected chi connectivity index (χ2v) is 3.02. The number of nitrogens with zero attached hydrogens (tertiary/aromatic N) is 1. The molecule has 1 aromatic rings. The van der Waals surface area contributed by atoms with Crippen molar-refractivity contribution >= 4 is 12.1 Å². The minimum atomic E-state index is -0.488. The molecule has 0 spiro atoms. The molecular formula is C11H14N2O2. The number of rotatable bonds is 4. The SMILES string of the molecule is COC(C)C(=O)N/N=C\c1ccccc1. The Morgan fingerprint density at radius 1 is 1.47 bits per heavy atom. The van der Waals surface area contributed by atoms with Gasteiger partial charge in [-0.05, 0) is 12.5 Å². The lowest BCUT2D eigenvalue weighted by molar-refractivity contribution is -0.129. The average Bonchev–Trinajstić information content (AvgIpc) is 2.29. The smallest absolute Gasteiger partial charge is 0.268 e. The zero-order chi connectivity index (χ0) is 11.1. The van der Waals surface area contributed by atoms with Gasteiger partial charge >= 0.3 is 0 Å². The maximum Gasteiger partial charge on any atom is 0.268 e. The summed E-state index contributed by atoms with van der Waals surface area (Å²) in [6.45, 7) is 1.66. The molecule has 1 N–H and O–H groups in total. The van der Waals surface area contributed by atoms with Gasteiger partial charge in [-0.2, -0.15) is 5.10 Å². The van der Waals surface area contributed by atoms with E-state index in [2.05, 4.69) is 10.5 Å². The van der Waals surface area contributed by atoms with Crippen LogP contribution in [0, 0.1) is 0 Å². The molecule has 0 saturated heterocycles. The molecule has 0 radical (unpaired) electrons. The minimum Gasteiger partial charge on any atom is -0.372 e. The van der Waals surface area contributed by atoms with Gasteiger partial charge in [0.25, 0.3) is 5.91 Å². The van der Waals surface area contributed by atoms with E-state index in [-0.39, 0.29) is 5.91 Å². The van der Waals surface area contributed by atoms with Crippen molar-refractivity contribution in [1.29, 1.82) is 0 Å². The van der Waals surface area contributed by atoms with Crippen molar-refractivity contribution in [1.82, 2.24) is 5.43 Å². The first-order valence-corrected chi connectivity index (χ1v) is 4.65. The molecule has 0 aliphatic carbocycles. The van der Waals surface area contributed by atoms with E-state index in [1.54, 1.807) is 13.1 Å². The molecule has 0 aliphatic heterocycles. The van der Waals surface area contributed by atoms with Crippen LogP contribution in [0.25, 0.3) is 0 Å². The van der Waals surface area contributed by atoms with Crippen LogP contribution in [0.5, 0.6) is 0 Å². The molecule has 1 rings (SSSR count). The number of carbonyl (C=O) groups is 1. The van der Waals surface area contributed by atoms with Gasteiger partial charge in [-0.1, -0.05) is 30.3 Å². The summed E-state index contributed by atoms with van der Waals surface area (Å²) < 4.78 is 4.83. The van der Waals surface area contributed by atoms with Crippen LogP contribution in [0.4, 0.5) is 0 Å². The summed E-state index contributed by atoms with van der Waals surface area (Å²) in [6.07, 6.45) is 1.10. The second-order valence-electron chi connectivity index (χ2n) is 3.02. The molecule has 1 aromatic carbocycles. The van der Waals surface area contributed by atoms with Gasteiger partial charge in [-0.3, -0.25) is 4.79 Å². The van der Waals surface area contributed by atoms with Crippen molar-refractivity contribution in [3.63, 3.8) is 0 Å². The normalized spacial score (nSPS) is 12.7. The molecule has 0 heterocycles. The largest absolute Gasteiger partial charge is 0.372 e. The van der Waals surface area contributed by atoms with E-state index < -0.39 is 6.10 Å². The van der Waals surface area contributed by atoms with Gasteiger partial charge in [0, 0.05) is 7.11 Å². The number of carbonyl (C=O) groups excluding carboxylic acids is 1. The summed E-state index contributed by atoms with van der Waals surface area (Å²) in [6, 6.07) is 9.52. The van der Waals surface area contributed by atoms with E-state index in [9.17, 15) is 4.79 Å². The van der Waals surface area contributed by atoms with E-state index in [0.29, 0.717) is 0 Å². The van der Waals surface area contributed by atoms with Crippen LogP contribution in [0.15, 0.2) is 35.4 Å². The maximum atomic E-state index is 11.2. The van der Waals surface area contributed by atoms with Gasteiger partial charge in [0.15, 0.2) is 0 Å². The third-order valence-electron chi connectivity index (χ3n) is 1.91. The molecule has 1 amide bonds. The highest BCUT2D eigenvalue weighted by atomic mass is 16.5. The predicted molar refractivity (Wildman–Crippen MR) is 58.6 cm³/mol. The Morgan fingerprint density at radius 2 is 2.13 bits per heavy atom. The molecule has 4 heteroatoms. The number of benzene rings is 1. The monoisotopic (exact) mass is 206 g/mol. The fraction of sp³-hybridized carbons (Fsp3) is 0.273. The molecule has 0 aliphatic rings. The summed E-state index contributed by atoms with van der Waals surface area (Å²) in [5.41, 5.74) is 3.32. The number of amides is 1. The molecule has 0 fully saturated rings. The maximum absolute atomic E-state index is 11.2. The predicted octanol–water partition coefficient (Wildman–Crippen LogP) is 1.17. The van der Waals surface area contributed by atoms with Crippen LogP contribution < -0.4 is 5.43 Å². The number of hydrogen-bond donors (Lipinski definition) is 1. The Morgan fingerprint density at radius 3 is 2.73 bits per heavy atom. The third-order valence-corrected chi connectivity index (χ3v) is 1.91. The van der Waals surface area contributed by atoms with Gasteiger partial charge in [0.05, 0.1) is 6.21 Å². The Labute approximate surface area is 88.9 Å². The fourth-order valence-electron chi connectivity index (χ4n) is 0.907. The van der Waals surface area contributed by atoms with Crippen LogP contribution in [-0.4, -0.2) is 25.3 Å². The number of methoxy groups -OCH3 is 1. The van der Waals surface area contributed by atoms with Gasteiger partial charge in [0.2, 0.25) is 0 Å². The summed E-state index contributed by atoms with van der Waals surface area (Å²) in [5, 5.41) is 3.81. The van der Waals surface area contributed by atoms with E-state index in [0.717, 1.165) is 5.56 Å². The Kier molecular flexibility index (Phi) is 4.50. The van der Waals surface area contributed by atoms with Crippen LogP contribution in [0.3, 0.4) is 0 Å². The minimum absolute atomic E-state index is 0.260.